The topological polar surface area (TPSA) is 79.2 Å². The number of imidazole rings is 1. The van der Waals surface area contributed by atoms with Crippen LogP contribution in [0, 0.1) is 5.92 Å². The lowest BCUT2D eigenvalue weighted by Gasteiger charge is -2.20. The molecule has 6 nitrogen and oxygen atoms in total. The molecule has 0 fully saturated rings. The Morgan fingerprint density at radius 1 is 1.33 bits per heavy atom. The van der Waals surface area contributed by atoms with Crippen LogP contribution >= 0.6 is 0 Å². The zero-order chi connectivity index (χ0) is 15.2. The van der Waals surface area contributed by atoms with Crippen molar-refractivity contribution in [2.24, 2.45) is 5.92 Å². The summed E-state index contributed by atoms with van der Waals surface area (Å²) in [5.74, 6) is 0.208. The first-order chi connectivity index (χ1) is 10.2. The maximum Gasteiger partial charge on any atom is 0.334 e. The molecule has 0 saturated carbocycles. The van der Waals surface area contributed by atoms with Gasteiger partial charge < -0.3 is 10.4 Å². The first-order valence-corrected chi connectivity index (χ1v) is 7.30. The van der Waals surface area contributed by atoms with E-state index >= 15 is 0 Å². The minimum atomic E-state index is -0.523. The number of hydrogen-bond acceptors (Lipinski definition) is 3. The standard InChI is InChI=1S/C15H22N4O2/c1-3-11(4-2)14(20)9-16-15(21)18-19-10-17-12-7-5-6-8-13(12)19/h5-8,10-11,14,20H,3-4,9H2,1-2H3,(H2,16,18,21). The smallest absolute Gasteiger partial charge is 0.334 e. The summed E-state index contributed by atoms with van der Waals surface area (Å²) in [6.07, 6.45) is 2.83. The van der Waals surface area contributed by atoms with E-state index in [0.717, 1.165) is 23.9 Å². The summed E-state index contributed by atoms with van der Waals surface area (Å²) in [4.78, 5) is 16.1. The Morgan fingerprint density at radius 3 is 2.76 bits per heavy atom. The molecule has 2 rings (SSSR count). The van der Waals surface area contributed by atoms with Gasteiger partial charge in [-0.25, -0.2) is 19.9 Å². The van der Waals surface area contributed by atoms with Gasteiger partial charge in [0.15, 0.2) is 0 Å². The second-order valence-corrected chi connectivity index (χ2v) is 5.07. The fraction of sp³-hybridized carbons (Fsp3) is 0.467. The van der Waals surface area contributed by atoms with Crippen LogP contribution in [0.5, 0.6) is 0 Å². The Kier molecular flexibility index (Phi) is 5.16. The highest BCUT2D eigenvalue weighted by molar-refractivity contribution is 5.85. The number of nitrogens with one attached hydrogen (secondary N) is 2. The van der Waals surface area contributed by atoms with E-state index in [1.807, 2.05) is 38.1 Å². The molecule has 1 aromatic carbocycles. The minimum Gasteiger partial charge on any atom is -0.391 e. The van der Waals surface area contributed by atoms with Crippen molar-refractivity contribution in [3.63, 3.8) is 0 Å². The highest BCUT2D eigenvalue weighted by atomic mass is 16.3. The molecule has 1 atom stereocenters. The number of benzene rings is 1. The van der Waals surface area contributed by atoms with Crippen molar-refractivity contribution in [1.29, 1.82) is 0 Å². The van der Waals surface area contributed by atoms with Gasteiger partial charge in [0.2, 0.25) is 0 Å². The van der Waals surface area contributed by atoms with Gasteiger partial charge in [0.05, 0.1) is 17.1 Å². The lowest BCUT2D eigenvalue weighted by atomic mass is 9.97. The zero-order valence-corrected chi connectivity index (χ0v) is 12.4. The number of para-hydroxylation sites is 2. The number of aliphatic hydroxyl groups excluding tert-OH is 1. The number of fused-ring (bicyclic) bond motifs is 1. The van der Waals surface area contributed by atoms with E-state index in [1.165, 1.54) is 0 Å². The highest BCUT2D eigenvalue weighted by Crippen LogP contribution is 2.12. The molecule has 0 saturated heterocycles. The number of carbonyl (C=O) groups excluding carboxylic acids is 1. The summed E-state index contributed by atoms with van der Waals surface area (Å²) in [5, 5.41) is 12.7. The highest BCUT2D eigenvalue weighted by Gasteiger charge is 2.16. The first kappa shape index (κ1) is 15.3. The molecule has 21 heavy (non-hydrogen) atoms. The molecule has 114 valence electrons. The number of amides is 2. The number of hydrogen-bond donors (Lipinski definition) is 3. The Labute approximate surface area is 124 Å². The summed E-state index contributed by atoms with van der Waals surface area (Å²) < 4.78 is 1.56. The third-order valence-corrected chi connectivity index (χ3v) is 3.74. The molecule has 0 bridgehead atoms. The predicted octanol–water partition coefficient (Wildman–Crippen LogP) is 2.09. The van der Waals surface area contributed by atoms with Gasteiger partial charge in [-0.3, -0.25) is 0 Å². The Hall–Kier alpha value is -2.08. The number of urea groups is 1. The van der Waals surface area contributed by atoms with Crippen LogP contribution in [0.1, 0.15) is 26.7 Å². The van der Waals surface area contributed by atoms with E-state index in [4.69, 9.17) is 0 Å². The van der Waals surface area contributed by atoms with Crippen LogP contribution in [-0.4, -0.2) is 33.4 Å². The van der Waals surface area contributed by atoms with Crippen LogP contribution in [0.3, 0.4) is 0 Å². The molecule has 3 N–H and O–H groups in total. The van der Waals surface area contributed by atoms with Crippen molar-refractivity contribution in [3.05, 3.63) is 30.6 Å². The van der Waals surface area contributed by atoms with Gasteiger partial charge in [-0.2, -0.15) is 0 Å². The quantitative estimate of drug-likeness (QED) is 0.762. The van der Waals surface area contributed by atoms with Gasteiger partial charge in [0.25, 0.3) is 0 Å². The van der Waals surface area contributed by atoms with E-state index < -0.39 is 6.10 Å². The average molecular weight is 290 g/mol. The van der Waals surface area contributed by atoms with Crippen molar-refractivity contribution < 1.29 is 9.90 Å². The normalized spacial score (nSPS) is 12.6. The monoisotopic (exact) mass is 290 g/mol. The summed E-state index contributed by atoms with van der Waals surface area (Å²) in [6.45, 7) is 4.31. The van der Waals surface area contributed by atoms with Crippen molar-refractivity contribution >= 4 is 17.1 Å². The SMILES string of the molecule is CCC(CC)C(O)CNC(=O)Nn1cnc2ccccc21. The number of rotatable bonds is 6. The average Bonchev–Trinajstić information content (AvgIpc) is 2.90. The summed E-state index contributed by atoms with van der Waals surface area (Å²) in [7, 11) is 0. The van der Waals surface area contributed by atoms with Crippen LogP contribution < -0.4 is 10.7 Å². The van der Waals surface area contributed by atoms with Crippen LogP contribution in [0.2, 0.25) is 0 Å². The fourth-order valence-corrected chi connectivity index (χ4v) is 2.39. The van der Waals surface area contributed by atoms with Gasteiger partial charge in [0.1, 0.15) is 6.33 Å². The van der Waals surface area contributed by atoms with E-state index in [-0.39, 0.29) is 18.5 Å². The molecule has 0 aliphatic rings. The Morgan fingerprint density at radius 2 is 2.05 bits per heavy atom. The number of aromatic nitrogens is 2. The van der Waals surface area contributed by atoms with Crippen molar-refractivity contribution in [1.82, 2.24) is 15.0 Å². The molecule has 0 radical (unpaired) electrons. The predicted molar refractivity (Wildman–Crippen MR) is 82.6 cm³/mol. The summed E-state index contributed by atoms with van der Waals surface area (Å²) >= 11 is 0. The van der Waals surface area contributed by atoms with Crippen molar-refractivity contribution in [2.75, 3.05) is 12.0 Å². The third-order valence-electron chi connectivity index (χ3n) is 3.74. The van der Waals surface area contributed by atoms with E-state index in [1.54, 1.807) is 11.0 Å². The molecule has 1 unspecified atom stereocenters. The van der Waals surface area contributed by atoms with Crippen LogP contribution in [-0.2, 0) is 0 Å². The molecule has 0 aliphatic heterocycles. The third kappa shape index (κ3) is 3.72. The van der Waals surface area contributed by atoms with E-state index in [0.29, 0.717) is 0 Å². The minimum absolute atomic E-state index is 0.208. The lowest BCUT2D eigenvalue weighted by molar-refractivity contribution is 0.104. The zero-order valence-electron chi connectivity index (χ0n) is 12.4. The van der Waals surface area contributed by atoms with Gasteiger partial charge >= 0.3 is 6.03 Å². The lowest BCUT2D eigenvalue weighted by Crippen LogP contribution is -2.40. The molecular formula is C15H22N4O2. The molecule has 1 aromatic heterocycles. The van der Waals surface area contributed by atoms with Crippen molar-refractivity contribution in [2.45, 2.75) is 32.8 Å². The second-order valence-electron chi connectivity index (χ2n) is 5.07. The van der Waals surface area contributed by atoms with Gasteiger partial charge in [-0.15, -0.1) is 0 Å². The maximum atomic E-state index is 11.9. The van der Waals surface area contributed by atoms with E-state index in [9.17, 15) is 9.90 Å². The summed E-state index contributed by atoms with van der Waals surface area (Å²) in [5.41, 5.74) is 4.33. The second kappa shape index (κ2) is 7.08. The van der Waals surface area contributed by atoms with Crippen LogP contribution in [0.4, 0.5) is 4.79 Å². The molecule has 2 amide bonds. The molecule has 0 spiro atoms. The number of carbonyl (C=O) groups is 1. The summed E-state index contributed by atoms with van der Waals surface area (Å²) in [6, 6.07) is 7.18. The van der Waals surface area contributed by atoms with Crippen LogP contribution in [0.25, 0.3) is 11.0 Å². The molecular weight excluding hydrogens is 268 g/mol. The largest absolute Gasteiger partial charge is 0.391 e. The van der Waals surface area contributed by atoms with Crippen molar-refractivity contribution in [3.8, 4) is 0 Å². The Bertz CT molecular complexity index is 592. The van der Waals surface area contributed by atoms with Gasteiger partial charge in [-0.1, -0.05) is 38.8 Å². The number of nitrogens with zero attached hydrogens (tertiary/aromatic N) is 2. The van der Waals surface area contributed by atoms with Crippen LogP contribution in [0.15, 0.2) is 30.6 Å². The fourth-order valence-electron chi connectivity index (χ4n) is 2.39. The maximum absolute atomic E-state index is 11.9. The number of aliphatic hydroxyl groups is 1. The van der Waals surface area contributed by atoms with E-state index in [2.05, 4.69) is 15.7 Å². The van der Waals surface area contributed by atoms with Gasteiger partial charge in [-0.05, 0) is 18.1 Å². The molecule has 6 heteroatoms. The molecule has 0 aliphatic carbocycles. The Balaban J connectivity index is 1.90. The first-order valence-electron chi connectivity index (χ1n) is 7.30. The molecule has 1 heterocycles. The van der Waals surface area contributed by atoms with Gasteiger partial charge in [0, 0.05) is 6.54 Å². The molecule has 2 aromatic rings.